The molecule has 0 bridgehead atoms. The van der Waals surface area contributed by atoms with E-state index < -0.39 is 6.85 Å². The summed E-state index contributed by atoms with van der Waals surface area (Å²) in [5.41, 5.74) is 6.37. The summed E-state index contributed by atoms with van der Waals surface area (Å²) in [5, 5.41) is 6.87. The first-order chi connectivity index (χ1) is 14.8. The van der Waals surface area contributed by atoms with Crippen LogP contribution in [-0.4, -0.2) is 15.1 Å². The van der Waals surface area contributed by atoms with Crippen LogP contribution in [0.3, 0.4) is 0 Å². The molecule has 0 atom stereocenters. The van der Waals surface area contributed by atoms with Crippen LogP contribution in [0.5, 0.6) is 0 Å². The van der Waals surface area contributed by atoms with Gasteiger partial charge in [-0.05, 0) is 66.1 Å². The van der Waals surface area contributed by atoms with Crippen molar-refractivity contribution in [2.24, 2.45) is 7.05 Å². The van der Waals surface area contributed by atoms with Crippen LogP contribution in [0.25, 0.3) is 33.1 Å². The Balaban J connectivity index is 2.22. The molecule has 0 fully saturated rings. The fraction of sp³-hybridized carbons (Fsp3) is 0.360. The van der Waals surface area contributed by atoms with Crippen molar-refractivity contribution < 1.29 is 8.79 Å². The lowest BCUT2D eigenvalue weighted by molar-refractivity contribution is -0.719. The molecular weight excluding hydrogens is 356 g/mol. The molecule has 148 valence electrons. The molecule has 0 unspecified atom stereocenters. The first kappa shape index (κ1) is 16.0. The first-order valence-electron chi connectivity index (χ1n) is 11.4. The summed E-state index contributed by atoms with van der Waals surface area (Å²) in [7, 11) is 1.78. The van der Waals surface area contributed by atoms with Crippen LogP contribution in [0.15, 0.2) is 30.3 Å². The molecule has 0 aliphatic heterocycles. The lowest BCUT2D eigenvalue weighted by Crippen LogP contribution is -2.37. The summed E-state index contributed by atoms with van der Waals surface area (Å²) >= 11 is 0. The van der Waals surface area contributed by atoms with Crippen molar-refractivity contribution in [3.63, 3.8) is 0 Å². The summed E-state index contributed by atoms with van der Waals surface area (Å²) in [6.07, 6.45) is 0. The Kier molecular flexibility index (Phi) is 3.63. The van der Waals surface area contributed by atoms with E-state index >= 15 is 0 Å². The van der Waals surface area contributed by atoms with Gasteiger partial charge < -0.3 is 0 Å². The van der Waals surface area contributed by atoms with Gasteiger partial charge in [0, 0.05) is 4.11 Å². The van der Waals surface area contributed by atoms with E-state index in [-0.39, 0.29) is 11.1 Å². The Labute approximate surface area is 176 Å². The van der Waals surface area contributed by atoms with Gasteiger partial charge in [-0.2, -0.15) is 0 Å². The molecule has 0 saturated carbocycles. The zero-order valence-corrected chi connectivity index (χ0v) is 18.2. The van der Waals surface area contributed by atoms with E-state index in [2.05, 4.69) is 62.0 Å². The van der Waals surface area contributed by atoms with E-state index in [9.17, 15) is 0 Å². The van der Waals surface area contributed by atoms with E-state index in [1.165, 1.54) is 16.3 Å². The summed E-state index contributed by atoms with van der Waals surface area (Å²) < 4.78 is 25.7. The number of aromatic nitrogens is 4. The first-order valence-corrected chi connectivity index (χ1v) is 9.89. The molecule has 29 heavy (non-hydrogen) atoms. The van der Waals surface area contributed by atoms with Crippen LogP contribution >= 0.6 is 0 Å². The monoisotopic (exact) mass is 388 g/mol. The molecule has 2 aromatic carbocycles. The van der Waals surface area contributed by atoms with Gasteiger partial charge in [-0.3, -0.25) is 0 Å². The molecule has 4 heteroatoms. The lowest BCUT2D eigenvalue weighted by atomic mass is 9.80. The Morgan fingerprint density at radius 1 is 0.897 bits per heavy atom. The minimum absolute atomic E-state index is 0.0242. The average molecular weight is 389 g/mol. The SMILES string of the molecule is [2H]C([2H])([2H])c1n[n+](C)c(-c2cc(C(C)(C)C)c3ccccc3c2C)c2nc(C)c(C)nc12. The van der Waals surface area contributed by atoms with Gasteiger partial charge in [0.15, 0.2) is 12.6 Å². The van der Waals surface area contributed by atoms with Gasteiger partial charge in [-0.1, -0.05) is 49.7 Å². The van der Waals surface area contributed by atoms with Crippen molar-refractivity contribution in [2.75, 3.05) is 0 Å². The maximum atomic E-state index is 8.01. The van der Waals surface area contributed by atoms with E-state index in [0.29, 0.717) is 16.7 Å². The van der Waals surface area contributed by atoms with Crippen LogP contribution in [0.2, 0.25) is 0 Å². The number of aryl methyl sites for hydroxylation is 5. The lowest BCUT2D eigenvalue weighted by Gasteiger charge is -2.23. The molecule has 2 heterocycles. The van der Waals surface area contributed by atoms with Gasteiger partial charge in [-0.25, -0.2) is 9.97 Å². The second-order valence-electron chi connectivity index (χ2n) is 8.80. The summed E-state index contributed by atoms with van der Waals surface area (Å²) in [6, 6.07) is 10.6. The van der Waals surface area contributed by atoms with Gasteiger partial charge in [0.1, 0.15) is 11.2 Å². The third-order valence-electron chi connectivity index (χ3n) is 5.71. The normalized spacial score (nSPS) is 14.1. The number of nitrogens with zero attached hydrogens (tertiary/aromatic N) is 4. The van der Waals surface area contributed by atoms with Gasteiger partial charge in [0.2, 0.25) is 0 Å². The van der Waals surface area contributed by atoms with Gasteiger partial charge in [0.05, 0.1) is 17.0 Å². The highest BCUT2D eigenvalue weighted by Gasteiger charge is 2.27. The second-order valence-corrected chi connectivity index (χ2v) is 8.80. The van der Waals surface area contributed by atoms with Crippen LogP contribution < -0.4 is 4.68 Å². The molecule has 0 aliphatic carbocycles. The topological polar surface area (TPSA) is 42.5 Å². The minimum Gasteiger partial charge on any atom is -0.247 e. The highest BCUT2D eigenvalue weighted by molar-refractivity contribution is 5.98. The number of rotatable bonds is 1. The van der Waals surface area contributed by atoms with Crippen molar-refractivity contribution in [1.29, 1.82) is 0 Å². The third kappa shape index (κ3) is 3.07. The quantitative estimate of drug-likeness (QED) is 0.421. The predicted octanol–water partition coefficient (Wildman–Crippen LogP) is 5.20. The summed E-state index contributed by atoms with van der Waals surface area (Å²) in [6.45, 7) is 10.1. The number of hydrogen-bond donors (Lipinski definition) is 0. The smallest absolute Gasteiger partial charge is 0.247 e. The predicted molar refractivity (Wildman–Crippen MR) is 119 cm³/mol. The molecule has 4 nitrogen and oxygen atoms in total. The van der Waals surface area contributed by atoms with Gasteiger partial charge in [-0.15, -0.1) is 0 Å². The molecule has 0 N–H and O–H groups in total. The third-order valence-corrected chi connectivity index (χ3v) is 5.71. The van der Waals surface area contributed by atoms with Crippen LogP contribution in [0.1, 0.15) is 53.1 Å². The summed E-state index contributed by atoms with van der Waals surface area (Å²) in [4.78, 5) is 9.46. The van der Waals surface area contributed by atoms with Crippen molar-refractivity contribution >= 4 is 21.8 Å². The van der Waals surface area contributed by atoms with E-state index in [4.69, 9.17) is 9.10 Å². The highest BCUT2D eigenvalue weighted by atomic mass is 15.3. The molecule has 0 saturated heterocycles. The maximum Gasteiger partial charge on any atom is 0.266 e. The molecule has 0 radical (unpaired) electrons. The molecule has 0 amide bonds. The van der Waals surface area contributed by atoms with Gasteiger partial charge >= 0.3 is 0 Å². The molecule has 0 spiro atoms. The summed E-state index contributed by atoms with van der Waals surface area (Å²) in [5.74, 6) is 0. The average Bonchev–Trinajstić information content (AvgIpc) is 2.68. The number of benzene rings is 2. The molecule has 0 aliphatic rings. The molecule has 4 rings (SSSR count). The Bertz CT molecular complexity index is 1380. The van der Waals surface area contributed by atoms with Crippen molar-refractivity contribution in [2.45, 2.75) is 53.8 Å². The van der Waals surface area contributed by atoms with Gasteiger partial charge in [0.25, 0.3) is 5.69 Å². The molecule has 4 aromatic rings. The van der Waals surface area contributed by atoms with Crippen LogP contribution in [-0.2, 0) is 12.5 Å². The minimum atomic E-state index is -2.39. The van der Waals surface area contributed by atoms with Crippen LogP contribution in [0, 0.1) is 27.6 Å². The van der Waals surface area contributed by atoms with E-state index in [0.717, 1.165) is 22.5 Å². The fourth-order valence-electron chi connectivity index (χ4n) is 4.02. The number of hydrogen-bond acceptors (Lipinski definition) is 3. The Morgan fingerprint density at radius 2 is 1.52 bits per heavy atom. The van der Waals surface area contributed by atoms with E-state index in [1.54, 1.807) is 11.7 Å². The maximum absolute atomic E-state index is 8.01. The second kappa shape index (κ2) is 6.58. The van der Waals surface area contributed by atoms with Crippen molar-refractivity contribution in [3.05, 3.63) is 58.5 Å². The van der Waals surface area contributed by atoms with Crippen molar-refractivity contribution in [1.82, 2.24) is 15.1 Å². The molecular formula is C25H29N4+. The van der Waals surface area contributed by atoms with Crippen molar-refractivity contribution in [3.8, 4) is 11.3 Å². The Morgan fingerprint density at radius 3 is 2.14 bits per heavy atom. The zero-order chi connectivity index (χ0) is 23.6. The largest absolute Gasteiger partial charge is 0.266 e. The standard InChI is InChI=1S/C25H29N4/c1-14-18-11-9-10-12-19(18)21(25(5,6)7)13-20(14)24-23-22(17(4)28-29(24)8)26-15(2)16(3)27-23/h9-13H,1-8H3/q+1/i4D3. The van der Waals surface area contributed by atoms with Crippen LogP contribution in [0.4, 0.5) is 0 Å². The fourth-order valence-corrected chi connectivity index (χ4v) is 4.02. The molecule has 2 aromatic heterocycles. The Hall–Kier alpha value is -2.88. The zero-order valence-electron chi connectivity index (χ0n) is 21.2. The number of fused-ring (bicyclic) bond motifs is 2. The van der Waals surface area contributed by atoms with E-state index in [1.807, 2.05) is 19.9 Å². The highest BCUT2D eigenvalue weighted by Crippen LogP contribution is 2.38.